The molecule has 1 unspecified atom stereocenters. The number of para-hydroxylation sites is 3. The number of carbonyl (C=O) groups excluding carboxylic acids is 1. The molecule has 0 bridgehead atoms. The molecule has 0 aromatic heterocycles. The number of nitrogens with zero attached hydrogens (tertiary/aromatic N) is 3. The van der Waals surface area contributed by atoms with E-state index in [1.807, 2.05) is 19.1 Å². The van der Waals surface area contributed by atoms with E-state index < -0.39 is 0 Å². The molecule has 1 fully saturated rings. The van der Waals surface area contributed by atoms with Gasteiger partial charge in [-0.25, -0.2) is 0 Å². The molecule has 0 radical (unpaired) electrons. The number of carbonyl (C=O) groups is 1. The van der Waals surface area contributed by atoms with Crippen LogP contribution in [0, 0.1) is 11.3 Å². The molecular formula is C20H22N4O2. The Morgan fingerprint density at radius 2 is 1.77 bits per heavy atom. The van der Waals surface area contributed by atoms with Crippen LogP contribution in [0.15, 0.2) is 48.5 Å². The van der Waals surface area contributed by atoms with Gasteiger partial charge in [0.05, 0.1) is 23.0 Å². The van der Waals surface area contributed by atoms with E-state index in [1.54, 1.807) is 36.4 Å². The van der Waals surface area contributed by atoms with E-state index in [0.29, 0.717) is 11.3 Å². The topological polar surface area (TPSA) is 79.6 Å². The Hall–Kier alpha value is -3.04. The summed E-state index contributed by atoms with van der Waals surface area (Å²) in [4.78, 5) is 16.8. The highest BCUT2D eigenvalue weighted by molar-refractivity contribution is 5.95. The van der Waals surface area contributed by atoms with Crippen molar-refractivity contribution in [2.75, 3.05) is 36.4 Å². The van der Waals surface area contributed by atoms with E-state index in [2.05, 4.69) is 21.2 Å². The molecule has 0 spiro atoms. The van der Waals surface area contributed by atoms with Crippen LogP contribution >= 0.6 is 0 Å². The Bertz CT molecular complexity index is 823. The van der Waals surface area contributed by atoms with Crippen LogP contribution < -0.4 is 10.2 Å². The van der Waals surface area contributed by atoms with Gasteiger partial charge in [0.2, 0.25) is 5.91 Å². The molecule has 6 heteroatoms. The molecule has 1 heterocycles. The second-order valence-corrected chi connectivity index (χ2v) is 6.33. The van der Waals surface area contributed by atoms with Gasteiger partial charge in [-0.3, -0.25) is 9.69 Å². The molecule has 1 atom stereocenters. The lowest BCUT2D eigenvalue weighted by Gasteiger charge is -2.38. The van der Waals surface area contributed by atoms with Gasteiger partial charge in [0.25, 0.3) is 0 Å². The summed E-state index contributed by atoms with van der Waals surface area (Å²) >= 11 is 0. The first-order chi connectivity index (χ1) is 12.6. The average Bonchev–Trinajstić information content (AvgIpc) is 2.68. The summed E-state index contributed by atoms with van der Waals surface area (Å²) in [6, 6.07) is 16.1. The van der Waals surface area contributed by atoms with E-state index in [9.17, 15) is 9.90 Å². The zero-order valence-electron chi connectivity index (χ0n) is 14.7. The normalized spacial score (nSPS) is 15.9. The van der Waals surface area contributed by atoms with Crippen LogP contribution in [0.25, 0.3) is 0 Å². The molecule has 6 nitrogen and oxygen atoms in total. The van der Waals surface area contributed by atoms with Crippen LogP contribution in [-0.2, 0) is 4.79 Å². The molecular weight excluding hydrogens is 328 g/mol. The summed E-state index contributed by atoms with van der Waals surface area (Å²) in [6.07, 6.45) is 0. The number of nitrogens with one attached hydrogen (secondary N) is 1. The minimum absolute atomic E-state index is 0.122. The Morgan fingerprint density at radius 3 is 2.46 bits per heavy atom. The van der Waals surface area contributed by atoms with Crippen molar-refractivity contribution in [3.8, 4) is 11.8 Å². The molecule has 134 valence electrons. The largest absolute Gasteiger partial charge is 0.506 e. The molecule has 1 saturated heterocycles. The van der Waals surface area contributed by atoms with Crippen molar-refractivity contribution in [2.45, 2.75) is 13.0 Å². The van der Waals surface area contributed by atoms with Gasteiger partial charge in [-0.05, 0) is 31.2 Å². The van der Waals surface area contributed by atoms with E-state index in [0.717, 1.165) is 31.9 Å². The highest BCUT2D eigenvalue weighted by atomic mass is 16.3. The van der Waals surface area contributed by atoms with Gasteiger partial charge in [-0.1, -0.05) is 24.3 Å². The number of phenolic OH excluding ortho intramolecular Hbond substituents is 1. The minimum atomic E-state index is -0.298. The van der Waals surface area contributed by atoms with Crippen molar-refractivity contribution < 1.29 is 9.90 Å². The van der Waals surface area contributed by atoms with Crippen LogP contribution in [0.2, 0.25) is 0 Å². The highest BCUT2D eigenvalue weighted by Crippen LogP contribution is 2.27. The van der Waals surface area contributed by atoms with Crippen LogP contribution in [0.3, 0.4) is 0 Å². The van der Waals surface area contributed by atoms with Gasteiger partial charge in [0.15, 0.2) is 0 Å². The third kappa shape index (κ3) is 3.79. The molecule has 3 rings (SSSR count). The van der Waals surface area contributed by atoms with E-state index >= 15 is 0 Å². The first-order valence-electron chi connectivity index (χ1n) is 8.67. The van der Waals surface area contributed by atoms with Gasteiger partial charge in [0.1, 0.15) is 11.8 Å². The van der Waals surface area contributed by atoms with E-state index in [-0.39, 0.29) is 17.7 Å². The number of aromatic hydroxyl groups is 1. The summed E-state index contributed by atoms with van der Waals surface area (Å²) in [5.74, 6) is 0.156. The quantitative estimate of drug-likeness (QED) is 0.885. The number of hydrogen-bond acceptors (Lipinski definition) is 5. The first kappa shape index (κ1) is 17.8. The average molecular weight is 350 g/mol. The number of anilines is 2. The maximum atomic E-state index is 12.6. The van der Waals surface area contributed by atoms with Gasteiger partial charge >= 0.3 is 0 Å². The first-order valence-corrected chi connectivity index (χ1v) is 8.67. The number of amides is 1. The maximum Gasteiger partial charge on any atom is 0.241 e. The van der Waals surface area contributed by atoms with Gasteiger partial charge in [0, 0.05) is 26.2 Å². The Labute approximate surface area is 153 Å². The molecule has 1 amide bonds. The van der Waals surface area contributed by atoms with Crippen LogP contribution in [0.1, 0.15) is 12.5 Å². The highest BCUT2D eigenvalue weighted by Gasteiger charge is 2.26. The third-order valence-corrected chi connectivity index (χ3v) is 4.77. The summed E-state index contributed by atoms with van der Waals surface area (Å²) in [7, 11) is 0. The Kier molecular flexibility index (Phi) is 5.40. The predicted molar refractivity (Wildman–Crippen MR) is 101 cm³/mol. The Morgan fingerprint density at radius 1 is 1.12 bits per heavy atom. The molecule has 0 aliphatic carbocycles. The zero-order valence-corrected chi connectivity index (χ0v) is 14.7. The van der Waals surface area contributed by atoms with Gasteiger partial charge < -0.3 is 15.3 Å². The van der Waals surface area contributed by atoms with Crippen molar-refractivity contribution >= 4 is 17.3 Å². The maximum absolute atomic E-state index is 12.6. The van der Waals surface area contributed by atoms with E-state index in [4.69, 9.17) is 5.26 Å². The van der Waals surface area contributed by atoms with Crippen molar-refractivity contribution in [3.05, 3.63) is 54.1 Å². The third-order valence-electron chi connectivity index (χ3n) is 4.77. The minimum Gasteiger partial charge on any atom is -0.506 e. The molecule has 26 heavy (non-hydrogen) atoms. The SMILES string of the molecule is CC(C(=O)Nc1ccccc1C#N)N1CCN(c2ccccc2O)CC1. The fourth-order valence-electron chi connectivity index (χ4n) is 3.17. The lowest BCUT2D eigenvalue weighted by Crippen LogP contribution is -2.52. The number of hydrogen-bond donors (Lipinski definition) is 2. The zero-order chi connectivity index (χ0) is 18.5. The summed E-state index contributed by atoms with van der Waals surface area (Å²) < 4.78 is 0. The van der Waals surface area contributed by atoms with Gasteiger partial charge in [-0.15, -0.1) is 0 Å². The Balaban J connectivity index is 1.60. The number of rotatable bonds is 4. The van der Waals surface area contributed by atoms with Crippen molar-refractivity contribution in [2.24, 2.45) is 0 Å². The van der Waals surface area contributed by atoms with Crippen LogP contribution in [0.5, 0.6) is 5.75 Å². The molecule has 1 aliphatic rings. The van der Waals surface area contributed by atoms with Crippen LogP contribution in [-0.4, -0.2) is 48.1 Å². The monoisotopic (exact) mass is 350 g/mol. The second-order valence-electron chi connectivity index (χ2n) is 6.33. The number of piperazine rings is 1. The van der Waals surface area contributed by atoms with Gasteiger partial charge in [-0.2, -0.15) is 5.26 Å². The number of nitriles is 1. The molecule has 2 N–H and O–H groups in total. The summed E-state index contributed by atoms with van der Waals surface area (Å²) in [5, 5.41) is 22.0. The fourth-order valence-corrected chi connectivity index (χ4v) is 3.17. The van der Waals surface area contributed by atoms with Crippen LogP contribution in [0.4, 0.5) is 11.4 Å². The molecule has 0 saturated carbocycles. The molecule has 2 aromatic rings. The van der Waals surface area contributed by atoms with Crippen molar-refractivity contribution in [3.63, 3.8) is 0 Å². The van der Waals surface area contributed by atoms with E-state index in [1.165, 1.54) is 0 Å². The summed E-state index contributed by atoms with van der Waals surface area (Å²) in [6.45, 7) is 4.81. The smallest absolute Gasteiger partial charge is 0.241 e. The summed E-state index contributed by atoms with van der Waals surface area (Å²) in [5.41, 5.74) is 1.82. The number of benzene rings is 2. The second kappa shape index (κ2) is 7.89. The van der Waals surface area contributed by atoms with Crippen molar-refractivity contribution in [1.29, 1.82) is 5.26 Å². The predicted octanol–water partition coefficient (Wildman–Crippen LogP) is 2.41. The number of phenols is 1. The fraction of sp³-hybridized carbons (Fsp3) is 0.300. The molecule has 2 aromatic carbocycles. The standard InChI is InChI=1S/C20H22N4O2/c1-15(20(26)22-17-7-3-2-6-16(17)14-21)23-10-12-24(13-11-23)18-8-4-5-9-19(18)25/h2-9,15,25H,10-13H2,1H3,(H,22,26). The lowest BCUT2D eigenvalue weighted by atomic mass is 10.1. The molecule has 1 aliphatic heterocycles. The van der Waals surface area contributed by atoms with Crippen molar-refractivity contribution in [1.82, 2.24) is 4.90 Å². The lowest BCUT2D eigenvalue weighted by molar-refractivity contribution is -0.120.